The van der Waals surface area contributed by atoms with E-state index in [1.807, 2.05) is 0 Å². The van der Waals surface area contributed by atoms with Crippen molar-refractivity contribution in [1.29, 1.82) is 0 Å². The predicted molar refractivity (Wildman–Crippen MR) is 114 cm³/mol. The number of sulfonamides is 1. The van der Waals surface area contributed by atoms with Gasteiger partial charge in [-0.05, 0) is 62.2 Å². The Bertz CT molecular complexity index is 1050. The van der Waals surface area contributed by atoms with E-state index in [4.69, 9.17) is 4.74 Å². The molecule has 1 amide bonds. The molecule has 1 saturated heterocycles. The number of nitrogens with one attached hydrogen (secondary N) is 1. The fraction of sp³-hybridized carbons (Fsp3) is 0.364. The van der Waals surface area contributed by atoms with Gasteiger partial charge in [0.05, 0.1) is 6.61 Å². The van der Waals surface area contributed by atoms with Gasteiger partial charge in [0.2, 0.25) is 15.9 Å². The van der Waals surface area contributed by atoms with E-state index in [2.05, 4.69) is 5.32 Å². The maximum Gasteiger partial charge on any atom is 0.246 e. The summed E-state index contributed by atoms with van der Waals surface area (Å²) in [6.07, 6.45) is 1.48. The van der Waals surface area contributed by atoms with Crippen LogP contribution in [0.25, 0.3) is 0 Å². The number of ketones is 1. The van der Waals surface area contributed by atoms with Gasteiger partial charge in [-0.15, -0.1) is 0 Å². The highest BCUT2D eigenvalue weighted by molar-refractivity contribution is 7.89. The zero-order chi connectivity index (χ0) is 22.4. The van der Waals surface area contributed by atoms with Gasteiger partial charge >= 0.3 is 0 Å². The van der Waals surface area contributed by atoms with Gasteiger partial charge in [0, 0.05) is 37.2 Å². The summed E-state index contributed by atoms with van der Waals surface area (Å²) in [7, 11) is -3.74. The molecule has 31 heavy (non-hydrogen) atoms. The summed E-state index contributed by atoms with van der Waals surface area (Å²) in [6.45, 7) is 2.98. The number of carbonyl (C=O) groups is 2. The molecule has 0 radical (unpaired) electrons. The Hall–Kier alpha value is -2.78. The van der Waals surface area contributed by atoms with Crippen LogP contribution in [0.2, 0.25) is 0 Å². The van der Waals surface area contributed by atoms with Crippen LogP contribution in [0.4, 0.5) is 10.1 Å². The second-order valence-corrected chi connectivity index (χ2v) is 9.09. The minimum Gasteiger partial charge on any atom is -0.492 e. The molecule has 1 heterocycles. The van der Waals surface area contributed by atoms with Crippen molar-refractivity contribution in [2.45, 2.75) is 37.5 Å². The molecule has 2 aromatic carbocycles. The largest absolute Gasteiger partial charge is 0.492 e. The number of amides is 1. The predicted octanol–water partition coefficient (Wildman–Crippen LogP) is 3.61. The Labute approximate surface area is 181 Å². The number of halogens is 1. The summed E-state index contributed by atoms with van der Waals surface area (Å²) in [5.74, 6) is -0.911. The molecule has 1 fully saturated rings. The van der Waals surface area contributed by atoms with Gasteiger partial charge in [-0.2, -0.15) is 4.31 Å². The SMILES string of the molecule is CCOc1ccc(NC(=O)CCC(=O)c2ccc(F)cc2)cc1S(=O)(=O)N1CCCC1. The highest BCUT2D eigenvalue weighted by Crippen LogP contribution is 2.31. The van der Waals surface area contributed by atoms with E-state index in [1.165, 1.54) is 40.7 Å². The lowest BCUT2D eigenvalue weighted by Gasteiger charge is -2.19. The zero-order valence-electron chi connectivity index (χ0n) is 17.3. The number of nitrogens with zero attached hydrogens (tertiary/aromatic N) is 1. The molecule has 0 spiro atoms. The number of Topliss-reactive ketones (excluding diaryl/α,β-unsaturated/α-hetero) is 1. The van der Waals surface area contributed by atoms with Crippen LogP contribution >= 0.6 is 0 Å². The lowest BCUT2D eigenvalue weighted by atomic mass is 10.1. The van der Waals surface area contributed by atoms with Crippen LogP contribution in [0, 0.1) is 5.82 Å². The second kappa shape index (κ2) is 10.0. The summed E-state index contributed by atoms with van der Waals surface area (Å²) in [5.41, 5.74) is 0.634. The van der Waals surface area contributed by atoms with E-state index in [1.54, 1.807) is 13.0 Å². The third kappa shape index (κ3) is 5.68. The van der Waals surface area contributed by atoms with E-state index in [0.29, 0.717) is 30.9 Å². The standard InChI is InChI=1S/C22H25FN2O5S/c1-2-30-20-11-9-18(15-21(20)31(28,29)25-13-3-4-14-25)24-22(27)12-10-19(26)16-5-7-17(23)8-6-16/h5-9,11,15H,2-4,10,12-14H2,1H3,(H,24,27). The molecule has 0 unspecified atom stereocenters. The molecule has 0 aromatic heterocycles. The maximum atomic E-state index is 13.0. The molecule has 166 valence electrons. The quantitative estimate of drug-likeness (QED) is 0.592. The van der Waals surface area contributed by atoms with Crippen LogP contribution in [-0.2, 0) is 14.8 Å². The van der Waals surface area contributed by atoms with Crippen molar-refractivity contribution in [3.63, 3.8) is 0 Å². The zero-order valence-corrected chi connectivity index (χ0v) is 18.1. The molecule has 0 aliphatic carbocycles. The van der Waals surface area contributed by atoms with Crippen molar-refractivity contribution < 1.29 is 27.1 Å². The summed E-state index contributed by atoms with van der Waals surface area (Å²) >= 11 is 0. The third-order valence-electron chi connectivity index (χ3n) is 4.96. The number of rotatable bonds is 9. The fourth-order valence-corrected chi connectivity index (χ4v) is 5.03. The molecule has 1 N–H and O–H groups in total. The molecular formula is C22H25FN2O5S. The first-order chi connectivity index (χ1) is 14.8. The van der Waals surface area contributed by atoms with Crippen molar-refractivity contribution in [2.24, 2.45) is 0 Å². The number of benzene rings is 2. The van der Waals surface area contributed by atoms with Crippen molar-refractivity contribution in [1.82, 2.24) is 4.31 Å². The van der Waals surface area contributed by atoms with Crippen LogP contribution in [-0.4, -0.2) is 44.1 Å². The van der Waals surface area contributed by atoms with Gasteiger partial charge in [0.15, 0.2) is 5.78 Å². The first kappa shape index (κ1) is 22.9. The number of anilines is 1. The third-order valence-corrected chi connectivity index (χ3v) is 6.88. The Kier molecular flexibility index (Phi) is 7.40. The number of hydrogen-bond donors (Lipinski definition) is 1. The summed E-state index contributed by atoms with van der Waals surface area (Å²) in [5, 5.41) is 2.64. The van der Waals surface area contributed by atoms with Gasteiger partial charge in [-0.3, -0.25) is 9.59 Å². The molecule has 0 saturated carbocycles. The van der Waals surface area contributed by atoms with Crippen LogP contribution in [0.1, 0.15) is 43.0 Å². The Morgan fingerprint density at radius 1 is 1.06 bits per heavy atom. The molecule has 0 bridgehead atoms. The molecule has 7 nitrogen and oxygen atoms in total. The minimum absolute atomic E-state index is 0.0106. The molecular weight excluding hydrogens is 423 g/mol. The Balaban J connectivity index is 1.70. The van der Waals surface area contributed by atoms with E-state index in [9.17, 15) is 22.4 Å². The molecule has 9 heteroatoms. The van der Waals surface area contributed by atoms with Crippen molar-refractivity contribution in [3.05, 3.63) is 53.8 Å². The molecule has 0 atom stereocenters. The summed E-state index contributed by atoms with van der Waals surface area (Å²) in [6, 6.07) is 9.60. The van der Waals surface area contributed by atoms with Gasteiger partial charge in [0.1, 0.15) is 16.5 Å². The highest BCUT2D eigenvalue weighted by Gasteiger charge is 2.30. The molecule has 3 rings (SSSR count). The summed E-state index contributed by atoms with van der Waals surface area (Å²) in [4.78, 5) is 24.5. The Morgan fingerprint density at radius 2 is 1.74 bits per heavy atom. The monoisotopic (exact) mass is 448 g/mol. The van der Waals surface area contributed by atoms with Gasteiger partial charge in [-0.25, -0.2) is 12.8 Å². The van der Waals surface area contributed by atoms with Crippen molar-refractivity contribution in [2.75, 3.05) is 25.0 Å². The molecule has 1 aliphatic heterocycles. The first-order valence-electron chi connectivity index (χ1n) is 10.2. The van der Waals surface area contributed by atoms with Crippen LogP contribution in [0.5, 0.6) is 5.75 Å². The maximum absolute atomic E-state index is 13.0. The lowest BCUT2D eigenvalue weighted by molar-refractivity contribution is -0.116. The first-order valence-corrected chi connectivity index (χ1v) is 11.6. The second-order valence-electron chi connectivity index (χ2n) is 7.18. The lowest BCUT2D eigenvalue weighted by Crippen LogP contribution is -2.28. The van der Waals surface area contributed by atoms with Crippen LogP contribution < -0.4 is 10.1 Å². The highest BCUT2D eigenvalue weighted by atomic mass is 32.2. The average Bonchev–Trinajstić information content (AvgIpc) is 3.29. The fourth-order valence-electron chi connectivity index (χ4n) is 3.36. The number of hydrogen-bond acceptors (Lipinski definition) is 5. The Morgan fingerprint density at radius 3 is 2.39 bits per heavy atom. The summed E-state index contributed by atoms with van der Waals surface area (Å²) < 4.78 is 45.9. The normalized spacial score (nSPS) is 14.4. The topological polar surface area (TPSA) is 92.8 Å². The van der Waals surface area contributed by atoms with E-state index < -0.39 is 21.7 Å². The average molecular weight is 449 g/mol. The number of ether oxygens (including phenoxy) is 1. The van der Waals surface area contributed by atoms with Gasteiger partial charge in [-0.1, -0.05) is 0 Å². The van der Waals surface area contributed by atoms with Gasteiger partial charge < -0.3 is 10.1 Å². The van der Waals surface area contributed by atoms with E-state index in [-0.39, 0.29) is 29.3 Å². The molecule has 1 aliphatic rings. The van der Waals surface area contributed by atoms with E-state index in [0.717, 1.165) is 12.8 Å². The number of carbonyl (C=O) groups excluding carboxylic acids is 2. The molecule has 2 aromatic rings. The smallest absolute Gasteiger partial charge is 0.246 e. The minimum atomic E-state index is -3.74. The van der Waals surface area contributed by atoms with Crippen molar-refractivity contribution >= 4 is 27.4 Å². The van der Waals surface area contributed by atoms with E-state index >= 15 is 0 Å². The van der Waals surface area contributed by atoms with Crippen LogP contribution in [0.15, 0.2) is 47.4 Å². The van der Waals surface area contributed by atoms with Crippen molar-refractivity contribution in [3.8, 4) is 5.75 Å². The van der Waals surface area contributed by atoms with Gasteiger partial charge in [0.25, 0.3) is 0 Å². The van der Waals surface area contributed by atoms with Crippen LogP contribution in [0.3, 0.4) is 0 Å².